The Balaban J connectivity index is 0.00000338. The van der Waals surface area contributed by atoms with Crippen molar-refractivity contribution >= 4 is 41.7 Å². The predicted molar refractivity (Wildman–Crippen MR) is 123 cm³/mol. The van der Waals surface area contributed by atoms with Crippen LogP contribution >= 0.6 is 35.7 Å². The highest BCUT2D eigenvalue weighted by Gasteiger charge is 2.31. The fraction of sp³-hybridized carbons (Fsp3) is 0.947. The molecule has 0 aromatic heterocycles. The van der Waals surface area contributed by atoms with E-state index in [9.17, 15) is 0 Å². The fourth-order valence-electron chi connectivity index (χ4n) is 3.54. The van der Waals surface area contributed by atoms with E-state index in [2.05, 4.69) is 23.8 Å². The van der Waals surface area contributed by atoms with Crippen molar-refractivity contribution < 1.29 is 9.47 Å². The van der Waals surface area contributed by atoms with Gasteiger partial charge in [0.05, 0.1) is 19.3 Å². The van der Waals surface area contributed by atoms with E-state index in [0.717, 1.165) is 58.3 Å². The van der Waals surface area contributed by atoms with Crippen LogP contribution in [0.2, 0.25) is 0 Å². The zero-order valence-corrected chi connectivity index (χ0v) is 19.7. The Labute approximate surface area is 181 Å². The molecule has 154 valence electrons. The number of ether oxygens (including phenoxy) is 2. The van der Waals surface area contributed by atoms with Crippen LogP contribution in [0, 0.1) is 0 Å². The molecule has 0 bridgehead atoms. The van der Waals surface area contributed by atoms with Gasteiger partial charge in [-0.05, 0) is 38.9 Å². The van der Waals surface area contributed by atoms with Gasteiger partial charge in [0.15, 0.2) is 5.96 Å². The average Bonchev–Trinajstić information content (AvgIpc) is 2.93. The van der Waals surface area contributed by atoms with Gasteiger partial charge in [0.25, 0.3) is 0 Å². The summed E-state index contributed by atoms with van der Waals surface area (Å²) in [6, 6.07) is 0. The van der Waals surface area contributed by atoms with Crippen molar-refractivity contribution in [1.29, 1.82) is 0 Å². The van der Waals surface area contributed by atoms with Crippen LogP contribution < -0.4 is 10.6 Å². The molecule has 1 heterocycles. The lowest BCUT2D eigenvalue weighted by molar-refractivity contribution is 0.0468. The molecule has 0 amide bonds. The first-order valence-electron chi connectivity index (χ1n) is 10.0. The van der Waals surface area contributed by atoms with Gasteiger partial charge in [-0.1, -0.05) is 25.7 Å². The largest absolute Gasteiger partial charge is 0.381 e. The van der Waals surface area contributed by atoms with Gasteiger partial charge >= 0.3 is 0 Å². The van der Waals surface area contributed by atoms with Crippen molar-refractivity contribution in [2.45, 2.75) is 69.1 Å². The molecule has 2 N–H and O–H groups in total. The van der Waals surface area contributed by atoms with Crippen LogP contribution in [0.1, 0.15) is 58.3 Å². The first kappa shape index (κ1) is 24.3. The van der Waals surface area contributed by atoms with Crippen LogP contribution in [-0.4, -0.2) is 62.5 Å². The third-order valence-corrected chi connectivity index (χ3v) is 6.66. The fourth-order valence-corrected chi connectivity index (χ4v) is 4.31. The maximum atomic E-state index is 6.06. The second-order valence-electron chi connectivity index (χ2n) is 7.11. The number of aliphatic imine (C=N–C) groups is 1. The molecule has 0 aromatic carbocycles. The van der Waals surface area contributed by atoms with Crippen molar-refractivity contribution in [2.24, 2.45) is 4.99 Å². The normalized spacial score (nSPS) is 21.5. The van der Waals surface area contributed by atoms with Gasteiger partial charge in [-0.3, -0.25) is 4.99 Å². The van der Waals surface area contributed by atoms with Gasteiger partial charge in [-0.25, -0.2) is 0 Å². The van der Waals surface area contributed by atoms with Crippen molar-refractivity contribution in [3.63, 3.8) is 0 Å². The molecule has 5 nitrogen and oxygen atoms in total. The summed E-state index contributed by atoms with van der Waals surface area (Å²) in [5, 5.41) is 6.78. The summed E-state index contributed by atoms with van der Waals surface area (Å²) >= 11 is 1.94. The Morgan fingerprint density at radius 3 is 2.46 bits per heavy atom. The van der Waals surface area contributed by atoms with E-state index in [1.165, 1.54) is 38.5 Å². The number of thioether (sulfide) groups is 1. The summed E-state index contributed by atoms with van der Waals surface area (Å²) in [6.07, 6.45) is 12.7. The number of hydrogen-bond donors (Lipinski definition) is 2. The van der Waals surface area contributed by atoms with Crippen molar-refractivity contribution in [2.75, 3.05) is 45.7 Å². The topological polar surface area (TPSA) is 54.9 Å². The molecular formula is C19H38IN3O2S. The SMILES string of the molecule is CCNC(=NCC1(SC)CCOCC1)NCCOC1CCCCCC1.I. The first-order valence-corrected chi connectivity index (χ1v) is 11.3. The lowest BCUT2D eigenvalue weighted by Gasteiger charge is -2.34. The molecule has 0 unspecified atom stereocenters. The Kier molecular flexibility index (Phi) is 13.4. The van der Waals surface area contributed by atoms with Crippen molar-refractivity contribution in [3.05, 3.63) is 0 Å². The summed E-state index contributed by atoms with van der Waals surface area (Å²) in [5.41, 5.74) is 0. The van der Waals surface area contributed by atoms with Crippen molar-refractivity contribution in [1.82, 2.24) is 10.6 Å². The molecule has 0 radical (unpaired) electrons. The minimum absolute atomic E-state index is 0. The van der Waals surface area contributed by atoms with E-state index in [4.69, 9.17) is 14.5 Å². The number of hydrogen-bond acceptors (Lipinski definition) is 4. The summed E-state index contributed by atoms with van der Waals surface area (Å²) in [7, 11) is 0. The van der Waals surface area contributed by atoms with Gasteiger partial charge in [-0.15, -0.1) is 24.0 Å². The minimum Gasteiger partial charge on any atom is -0.381 e. The molecule has 2 rings (SSSR count). The summed E-state index contributed by atoms with van der Waals surface area (Å²) in [6.45, 7) is 7.12. The Morgan fingerprint density at radius 1 is 1.15 bits per heavy atom. The smallest absolute Gasteiger partial charge is 0.191 e. The van der Waals surface area contributed by atoms with E-state index >= 15 is 0 Å². The van der Waals surface area contributed by atoms with Gasteiger partial charge in [0.1, 0.15) is 0 Å². The van der Waals surface area contributed by atoms with E-state index in [1.807, 2.05) is 11.8 Å². The predicted octanol–water partition coefficient (Wildman–Crippen LogP) is 3.81. The minimum atomic E-state index is 0. The average molecular weight is 500 g/mol. The van der Waals surface area contributed by atoms with Gasteiger partial charge < -0.3 is 20.1 Å². The second-order valence-corrected chi connectivity index (χ2v) is 8.38. The third-order valence-electron chi connectivity index (χ3n) is 5.26. The van der Waals surface area contributed by atoms with Crippen LogP contribution in [0.15, 0.2) is 4.99 Å². The second kappa shape index (κ2) is 14.3. The number of guanidine groups is 1. The van der Waals surface area contributed by atoms with E-state index in [-0.39, 0.29) is 28.7 Å². The van der Waals surface area contributed by atoms with Gasteiger partial charge in [0, 0.05) is 31.1 Å². The summed E-state index contributed by atoms with van der Waals surface area (Å²) < 4.78 is 11.8. The Morgan fingerprint density at radius 2 is 1.85 bits per heavy atom. The van der Waals surface area contributed by atoms with E-state index in [0.29, 0.717) is 6.10 Å². The van der Waals surface area contributed by atoms with Crippen molar-refractivity contribution in [3.8, 4) is 0 Å². The molecular weight excluding hydrogens is 461 g/mol. The molecule has 2 aliphatic rings. The molecule has 1 aliphatic carbocycles. The zero-order valence-electron chi connectivity index (χ0n) is 16.6. The highest BCUT2D eigenvalue weighted by molar-refractivity contribution is 14.0. The highest BCUT2D eigenvalue weighted by Crippen LogP contribution is 2.33. The molecule has 2 fully saturated rings. The third kappa shape index (κ3) is 8.97. The van der Waals surface area contributed by atoms with Crippen LogP contribution in [0.4, 0.5) is 0 Å². The maximum absolute atomic E-state index is 6.06. The molecule has 1 saturated heterocycles. The monoisotopic (exact) mass is 499 g/mol. The molecule has 0 aromatic rings. The Bertz CT molecular complexity index is 385. The molecule has 0 atom stereocenters. The van der Waals surface area contributed by atoms with Crippen LogP contribution in [-0.2, 0) is 9.47 Å². The Hall–Kier alpha value is 0.270. The summed E-state index contributed by atoms with van der Waals surface area (Å²) in [4.78, 5) is 4.84. The quantitative estimate of drug-likeness (QED) is 0.175. The van der Waals surface area contributed by atoms with Gasteiger partial charge in [-0.2, -0.15) is 11.8 Å². The van der Waals surface area contributed by atoms with Crippen LogP contribution in [0.5, 0.6) is 0 Å². The van der Waals surface area contributed by atoms with E-state index in [1.54, 1.807) is 0 Å². The molecule has 0 spiro atoms. The molecule has 7 heteroatoms. The van der Waals surface area contributed by atoms with Gasteiger partial charge in [0.2, 0.25) is 0 Å². The number of halogens is 1. The van der Waals surface area contributed by atoms with Crippen LogP contribution in [0.25, 0.3) is 0 Å². The molecule has 1 aliphatic heterocycles. The zero-order chi connectivity index (χ0) is 17.8. The number of rotatable bonds is 8. The molecule has 26 heavy (non-hydrogen) atoms. The maximum Gasteiger partial charge on any atom is 0.191 e. The lowest BCUT2D eigenvalue weighted by Crippen LogP contribution is -2.42. The first-order chi connectivity index (χ1) is 12.3. The van der Waals surface area contributed by atoms with Crippen LogP contribution in [0.3, 0.4) is 0 Å². The highest BCUT2D eigenvalue weighted by atomic mass is 127. The standard InChI is InChI=1S/C19H37N3O2S.HI/c1-3-20-18(22-16-19(25-2)10-13-23-14-11-19)21-12-15-24-17-8-6-4-5-7-9-17;/h17H,3-16H2,1-2H3,(H2,20,21,22);1H. The molecule has 1 saturated carbocycles. The lowest BCUT2D eigenvalue weighted by atomic mass is 9.99. The number of nitrogens with zero attached hydrogens (tertiary/aromatic N) is 1. The number of nitrogens with one attached hydrogen (secondary N) is 2. The summed E-state index contributed by atoms with van der Waals surface area (Å²) in [5.74, 6) is 0.909. The van der Waals surface area contributed by atoms with E-state index < -0.39 is 0 Å².